The number of ether oxygens (including phenoxy) is 1. The Morgan fingerprint density at radius 3 is 2.42 bits per heavy atom. The standard InChI is InChI=1S/C18H23N3O3/c1-14-9-12-21(19-14)16-7-5-15(6-8-16)18(23)24-13-17(22)20-10-3-2-4-11-20/h5-8H,2-4,9-13H2,1H3. The molecule has 1 aromatic carbocycles. The molecule has 0 N–H and O–H groups in total. The lowest BCUT2D eigenvalue weighted by atomic mass is 10.1. The number of piperidine rings is 1. The molecule has 2 aliphatic heterocycles. The summed E-state index contributed by atoms with van der Waals surface area (Å²) in [5.74, 6) is -0.574. The Morgan fingerprint density at radius 1 is 1.08 bits per heavy atom. The molecule has 0 atom stereocenters. The molecule has 2 heterocycles. The zero-order valence-electron chi connectivity index (χ0n) is 14.0. The minimum Gasteiger partial charge on any atom is -0.452 e. The van der Waals surface area contributed by atoms with Gasteiger partial charge in [0.15, 0.2) is 6.61 Å². The number of hydrogen-bond donors (Lipinski definition) is 0. The Hall–Kier alpha value is -2.37. The van der Waals surface area contributed by atoms with Crippen LogP contribution in [-0.4, -0.2) is 48.7 Å². The van der Waals surface area contributed by atoms with Crippen LogP contribution in [0.15, 0.2) is 29.4 Å². The molecule has 2 aliphatic rings. The SMILES string of the molecule is CC1=NN(c2ccc(C(=O)OCC(=O)N3CCCCC3)cc2)CC1. The number of benzene rings is 1. The number of hydrogen-bond acceptors (Lipinski definition) is 5. The van der Waals surface area contributed by atoms with Gasteiger partial charge in [0.25, 0.3) is 5.91 Å². The van der Waals surface area contributed by atoms with Gasteiger partial charge in [0.2, 0.25) is 0 Å². The first-order valence-electron chi connectivity index (χ1n) is 8.50. The molecule has 1 amide bonds. The van der Waals surface area contributed by atoms with E-state index in [0.717, 1.165) is 56.7 Å². The Labute approximate surface area is 142 Å². The smallest absolute Gasteiger partial charge is 0.338 e. The fourth-order valence-corrected chi connectivity index (χ4v) is 2.98. The second kappa shape index (κ2) is 7.47. The lowest BCUT2D eigenvalue weighted by molar-refractivity contribution is -0.135. The van der Waals surface area contributed by atoms with E-state index < -0.39 is 5.97 Å². The molecule has 0 aliphatic carbocycles. The molecular formula is C18H23N3O3. The van der Waals surface area contributed by atoms with Crippen molar-refractivity contribution in [2.45, 2.75) is 32.6 Å². The summed E-state index contributed by atoms with van der Waals surface area (Å²) < 4.78 is 5.15. The summed E-state index contributed by atoms with van der Waals surface area (Å²) in [5.41, 5.74) is 2.51. The van der Waals surface area contributed by atoms with Crippen molar-refractivity contribution in [2.24, 2.45) is 5.10 Å². The van der Waals surface area contributed by atoms with E-state index in [4.69, 9.17) is 4.74 Å². The molecule has 3 rings (SSSR count). The second-order valence-electron chi connectivity index (χ2n) is 6.27. The van der Waals surface area contributed by atoms with Gasteiger partial charge in [-0.15, -0.1) is 0 Å². The number of nitrogens with zero attached hydrogens (tertiary/aromatic N) is 3. The fourth-order valence-electron chi connectivity index (χ4n) is 2.98. The van der Waals surface area contributed by atoms with Gasteiger partial charge in [-0.1, -0.05) is 0 Å². The van der Waals surface area contributed by atoms with E-state index in [-0.39, 0.29) is 12.5 Å². The molecule has 0 spiro atoms. The average Bonchev–Trinajstić information content (AvgIpc) is 3.06. The van der Waals surface area contributed by atoms with Crippen LogP contribution in [0.1, 0.15) is 43.0 Å². The van der Waals surface area contributed by atoms with E-state index in [1.54, 1.807) is 17.0 Å². The van der Waals surface area contributed by atoms with Gasteiger partial charge in [0, 0.05) is 31.8 Å². The molecule has 6 nitrogen and oxygen atoms in total. The number of esters is 1. The van der Waals surface area contributed by atoms with Gasteiger partial charge in [-0.2, -0.15) is 5.10 Å². The number of anilines is 1. The normalized spacial score (nSPS) is 17.6. The first-order chi connectivity index (χ1) is 11.6. The summed E-state index contributed by atoms with van der Waals surface area (Å²) in [6.45, 7) is 4.21. The van der Waals surface area contributed by atoms with E-state index in [1.807, 2.05) is 24.1 Å². The van der Waals surface area contributed by atoms with E-state index in [0.29, 0.717) is 5.56 Å². The lowest BCUT2D eigenvalue weighted by Crippen LogP contribution is -2.38. The highest BCUT2D eigenvalue weighted by Gasteiger charge is 2.19. The van der Waals surface area contributed by atoms with E-state index in [9.17, 15) is 9.59 Å². The Kier molecular flexibility index (Phi) is 5.13. The molecule has 0 unspecified atom stereocenters. The van der Waals surface area contributed by atoms with Crippen molar-refractivity contribution in [1.29, 1.82) is 0 Å². The van der Waals surface area contributed by atoms with Crippen molar-refractivity contribution < 1.29 is 14.3 Å². The molecular weight excluding hydrogens is 306 g/mol. The topological polar surface area (TPSA) is 62.2 Å². The van der Waals surface area contributed by atoms with E-state index in [1.165, 1.54) is 0 Å². The lowest BCUT2D eigenvalue weighted by Gasteiger charge is -2.26. The average molecular weight is 329 g/mol. The molecule has 0 aromatic heterocycles. The second-order valence-corrected chi connectivity index (χ2v) is 6.27. The van der Waals surface area contributed by atoms with E-state index in [2.05, 4.69) is 5.10 Å². The first-order valence-corrected chi connectivity index (χ1v) is 8.50. The number of carbonyl (C=O) groups excluding carboxylic acids is 2. The van der Waals surface area contributed by atoms with Crippen LogP contribution in [-0.2, 0) is 9.53 Å². The van der Waals surface area contributed by atoms with Crippen molar-refractivity contribution in [2.75, 3.05) is 31.3 Å². The zero-order chi connectivity index (χ0) is 16.9. The summed E-state index contributed by atoms with van der Waals surface area (Å²) in [6.07, 6.45) is 4.18. The highest BCUT2D eigenvalue weighted by Crippen LogP contribution is 2.20. The summed E-state index contributed by atoms with van der Waals surface area (Å²) in [6, 6.07) is 7.13. The van der Waals surface area contributed by atoms with Crippen LogP contribution in [0.3, 0.4) is 0 Å². The molecule has 1 aromatic rings. The summed E-state index contributed by atoms with van der Waals surface area (Å²) in [7, 11) is 0. The van der Waals surface area contributed by atoms with Crippen molar-refractivity contribution in [3.8, 4) is 0 Å². The molecule has 1 saturated heterocycles. The van der Waals surface area contributed by atoms with Gasteiger partial charge in [0.05, 0.1) is 11.3 Å². The van der Waals surface area contributed by atoms with Gasteiger partial charge >= 0.3 is 5.97 Å². The molecule has 1 fully saturated rings. The monoisotopic (exact) mass is 329 g/mol. The maximum atomic E-state index is 12.1. The Morgan fingerprint density at radius 2 is 1.79 bits per heavy atom. The summed E-state index contributed by atoms with van der Waals surface area (Å²) in [4.78, 5) is 25.9. The minimum absolute atomic E-state index is 0.110. The van der Waals surface area contributed by atoms with Crippen LogP contribution in [0.4, 0.5) is 5.69 Å². The number of carbonyl (C=O) groups is 2. The Bertz CT molecular complexity index is 633. The number of likely N-dealkylation sites (tertiary alicyclic amines) is 1. The van der Waals surface area contributed by atoms with Gasteiger partial charge in [-0.25, -0.2) is 4.79 Å². The molecule has 6 heteroatoms. The molecule has 0 bridgehead atoms. The molecule has 128 valence electrons. The third-order valence-electron chi connectivity index (χ3n) is 4.41. The van der Waals surface area contributed by atoms with E-state index >= 15 is 0 Å². The maximum Gasteiger partial charge on any atom is 0.338 e. The van der Waals surface area contributed by atoms with Gasteiger partial charge in [-0.05, 0) is 50.5 Å². The van der Waals surface area contributed by atoms with Crippen LogP contribution < -0.4 is 5.01 Å². The van der Waals surface area contributed by atoms with Gasteiger partial charge < -0.3 is 9.64 Å². The Balaban J connectivity index is 1.52. The maximum absolute atomic E-state index is 12.1. The third-order valence-corrected chi connectivity index (χ3v) is 4.41. The first kappa shape index (κ1) is 16.5. The molecule has 0 saturated carbocycles. The number of rotatable bonds is 4. The third kappa shape index (κ3) is 3.93. The van der Waals surface area contributed by atoms with Crippen LogP contribution >= 0.6 is 0 Å². The van der Waals surface area contributed by atoms with Gasteiger partial charge in [-0.3, -0.25) is 9.80 Å². The summed E-state index contributed by atoms with van der Waals surface area (Å²) >= 11 is 0. The molecule has 24 heavy (non-hydrogen) atoms. The predicted molar refractivity (Wildman–Crippen MR) is 92.2 cm³/mol. The quantitative estimate of drug-likeness (QED) is 0.796. The van der Waals surface area contributed by atoms with Crippen LogP contribution in [0, 0.1) is 0 Å². The van der Waals surface area contributed by atoms with Crippen LogP contribution in [0.5, 0.6) is 0 Å². The van der Waals surface area contributed by atoms with Crippen LogP contribution in [0.25, 0.3) is 0 Å². The number of hydrazone groups is 1. The number of amides is 1. The van der Waals surface area contributed by atoms with Crippen molar-refractivity contribution in [3.63, 3.8) is 0 Å². The fraction of sp³-hybridized carbons (Fsp3) is 0.500. The summed E-state index contributed by atoms with van der Waals surface area (Å²) in [5, 5.41) is 6.35. The van der Waals surface area contributed by atoms with Crippen molar-refractivity contribution in [1.82, 2.24) is 4.90 Å². The zero-order valence-corrected chi connectivity index (χ0v) is 14.0. The van der Waals surface area contributed by atoms with Gasteiger partial charge in [0.1, 0.15) is 0 Å². The highest BCUT2D eigenvalue weighted by atomic mass is 16.5. The molecule has 0 radical (unpaired) electrons. The van der Waals surface area contributed by atoms with Crippen molar-refractivity contribution >= 4 is 23.3 Å². The predicted octanol–water partition coefficient (Wildman–Crippen LogP) is 2.44. The largest absolute Gasteiger partial charge is 0.452 e. The van der Waals surface area contributed by atoms with Crippen LogP contribution in [0.2, 0.25) is 0 Å². The highest BCUT2D eigenvalue weighted by molar-refractivity contribution is 5.92. The minimum atomic E-state index is -0.465. The van der Waals surface area contributed by atoms with Crippen molar-refractivity contribution in [3.05, 3.63) is 29.8 Å².